The minimum Gasteiger partial charge on any atom is -0.497 e. The normalized spacial score (nSPS) is 19.0. The van der Waals surface area contributed by atoms with Crippen LogP contribution in [-0.4, -0.2) is 59.2 Å². The zero-order chi connectivity index (χ0) is 24.1. The Hall–Kier alpha value is -1.58. The number of benzene rings is 2. The van der Waals surface area contributed by atoms with Crippen molar-refractivity contribution in [2.45, 2.75) is 27.5 Å². The molecular weight excluding hydrogens is 504 g/mol. The predicted molar refractivity (Wildman–Crippen MR) is 119 cm³/mol. The maximum absolute atomic E-state index is 12.7. The zero-order valence-electron chi connectivity index (χ0n) is 17.5. The van der Waals surface area contributed by atoms with Gasteiger partial charge in [0.1, 0.15) is 11.5 Å². The summed E-state index contributed by atoms with van der Waals surface area (Å²) in [6.07, 6.45) is -1.42. The Morgan fingerprint density at radius 2 is 1.24 bits per heavy atom. The number of alkyl halides is 3. The summed E-state index contributed by atoms with van der Waals surface area (Å²) in [5.41, 5.74) is -5.58. The van der Waals surface area contributed by atoms with Crippen LogP contribution in [0.2, 0.25) is 0 Å². The van der Waals surface area contributed by atoms with Gasteiger partial charge in [0.15, 0.2) is 0 Å². The molecule has 1 saturated heterocycles. The van der Waals surface area contributed by atoms with E-state index in [0.29, 0.717) is 23.0 Å². The number of hydrogen-bond acceptors (Lipinski definition) is 9. The molecule has 2 atom stereocenters. The molecule has 0 spiro atoms. The lowest BCUT2D eigenvalue weighted by molar-refractivity contribution is -0.0515. The molecule has 180 valence electrons. The number of rotatable bonds is 10. The molecule has 0 aliphatic carbocycles. The van der Waals surface area contributed by atoms with Gasteiger partial charge < -0.3 is 18.8 Å². The van der Waals surface area contributed by atoms with E-state index in [1.54, 1.807) is 38.5 Å². The van der Waals surface area contributed by atoms with Gasteiger partial charge in [-0.1, -0.05) is 0 Å². The molecule has 3 rings (SSSR count). The van der Waals surface area contributed by atoms with Crippen LogP contribution in [0.25, 0.3) is 0 Å². The smallest absolute Gasteiger partial charge is 0.497 e. The Morgan fingerprint density at radius 3 is 1.58 bits per heavy atom. The lowest BCUT2D eigenvalue weighted by atomic mass is 10.3. The zero-order valence-corrected chi connectivity index (χ0v) is 19.9. The lowest BCUT2D eigenvalue weighted by Gasteiger charge is -2.17. The lowest BCUT2D eigenvalue weighted by Crippen LogP contribution is -2.33. The van der Waals surface area contributed by atoms with Gasteiger partial charge in [0.25, 0.3) is 0 Å². The highest BCUT2D eigenvalue weighted by Crippen LogP contribution is 2.33. The first-order chi connectivity index (χ1) is 15.6. The van der Waals surface area contributed by atoms with Gasteiger partial charge in [-0.25, -0.2) is 0 Å². The van der Waals surface area contributed by atoms with E-state index in [1.807, 2.05) is 24.3 Å². The monoisotopic (exact) mass is 524 g/mol. The van der Waals surface area contributed by atoms with Crippen LogP contribution in [0.3, 0.4) is 0 Å². The third-order valence-corrected chi connectivity index (χ3v) is 7.60. The van der Waals surface area contributed by atoms with E-state index in [0.717, 1.165) is 9.79 Å². The van der Waals surface area contributed by atoms with Gasteiger partial charge in [-0.2, -0.15) is 21.6 Å². The highest BCUT2D eigenvalue weighted by molar-refractivity contribution is 7.99. The van der Waals surface area contributed by atoms with E-state index in [9.17, 15) is 21.6 Å². The van der Waals surface area contributed by atoms with Crippen molar-refractivity contribution in [3.05, 3.63) is 48.5 Å². The molecular formula is C19H20BF3O7S3. The second-order valence-corrected chi connectivity index (χ2v) is 10.4. The predicted octanol–water partition coefficient (Wildman–Crippen LogP) is 4.22. The summed E-state index contributed by atoms with van der Waals surface area (Å²) in [7, 11) is -4.76. The molecule has 7 nitrogen and oxygen atoms in total. The van der Waals surface area contributed by atoms with Crippen LogP contribution in [-0.2, 0) is 23.5 Å². The second-order valence-electron chi connectivity index (χ2n) is 6.61. The van der Waals surface area contributed by atoms with Crippen molar-refractivity contribution in [2.75, 3.05) is 25.7 Å². The van der Waals surface area contributed by atoms with E-state index < -0.39 is 35.2 Å². The Bertz CT molecular complexity index is 945. The molecule has 2 aromatic rings. The fraction of sp³-hybridized carbons (Fsp3) is 0.368. The molecule has 1 aliphatic rings. The summed E-state index contributed by atoms with van der Waals surface area (Å²) in [6, 6.07) is 14.4. The average molecular weight is 524 g/mol. The summed E-state index contributed by atoms with van der Waals surface area (Å²) >= 11 is 2.76. The van der Waals surface area contributed by atoms with E-state index in [2.05, 4.69) is 4.10 Å². The maximum Gasteiger partial charge on any atom is 0.655 e. The molecule has 1 fully saturated rings. The fourth-order valence-electron chi connectivity index (χ4n) is 2.69. The molecule has 33 heavy (non-hydrogen) atoms. The van der Waals surface area contributed by atoms with Gasteiger partial charge in [0.05, 0.1) is 26.4 Å². The minimum atomic E-state index is -5.87. The highest BCUT2D eigenvalue weighted by atomic mass is 32.2. The van der Waals surface area contributed by atoms with Crippen molar-refractivity contribution >= 4 is 41.0 Å². The molecule has 2 aromatic carbocycles. The Balaban J connectivity index is 1.66. The van der Waals surface area contributed by atoms with E-state index >= 15 is 0 Å². The maximum atomic E-state index is 12.7. The summed E-state index contributed by atoms with van der Waals surface area (Å²) in [5.74, 6) is 1.96. The fourth-order valence-corrected chi connectivity index (χ4v) is 5.05. The molecule has 0 N–H and O–H groups in total. The number of thioether (sulfide) groups is 2. The van der Waals surface area contributed by atoms with E-state index in [-0.39, 0.29) is 0 Å². The molecule has 0 amide bonds. The summed E-state index contributed by atoms with van der Waals surface area (Å²) in [6.45, 7) is 0. The van der Waals surface area contributed by atoms with Crippen LogP contribution in [0.5, 0.6) is 11.5 Å². The SMILES string of the molecule is COc1ccc(SC[C@@H]2OB(OS(=O)(=O)C(F)(F)F)O[C@H]2CSc2ccc(OC)cc2)cc1. The van der Waals surface area contributed by atoms with Gasteiger partial charge in [0.2, 0.25) is 0 Å². The topological polar surface area (TPSA) is 80.3 Å². The van der Waals surface area contributed by atoms with Crippen LogP contribution >= 0.6 is 23.5 Å². The minimum absolute atomic E-state index is 0.298. The van der Waals surface area contributed by atoms with Gasteiger partial charge in [-0.05, 0) is 48.5 Å². The average Bonchev–Trinajstić information content (AvgIpc) is 3.16. The first-order valence-electron chi connectivity index (χ1n) is 9.45. The molecule has 0 saturated carbocycles. The number of halogens is 3. The molecule has 14 heteroatoms. The number of ether oxygens (including phenoxy) is 2. The van der Waals surface area contributed by atoms with Gasteiger partial charge in [-0.3, -0.25) is 4.10 Å². The van der Waals surface area contributed by atoms with Crippen molar-refractivity contribution in [3.8, 4) is 11.5 Å². The van der Waals surface area contributed by atoms with Crippen molar-refractivity contribution in [2.24, 2.45) is 0 Å². The van der Waals surface area contributed by atoms with Crippen molar-refractivity contribution in [3.63, 3.8) is 0 Å². The first kappa shape index (κ1) is 26.0. The third kappa shape index (κ3) is 7.20. The first-order valence-corrected chi connectivity index (χ1v) is 12.8. The highest BCUT2D eigenvalue weighted by Gasteiger charge is 2.53. The van der Waals surface area contributed by atoms with Gasteiger partial charge >= 0.3 is 22.9 Å². The van der Waals surface area contributed by atoms with E-state index in [4.69, 9.17) is 18.8 Å². The van der Waals surface area contributed by atoms with Crippen molar-refractivity contribution in [1.29, 1.82) is 0 Å². The second kappa shape index (κ2) is 11.2. The number of hydrogen-bond donors (Lipinski definition) is 0. The Kier molecular flexibility index (Phi) is 8.86. The Morgan fingerprint density at radius 1 is 0.848 bits per heavy atom. The summed E-state index contributed by atoms with van der Waals surface area (Å²) in [4.78, 5) is 1.74. The van der Waals surface area contributed by atoms with Gasteiger partial charge in [-0.15, -0.1) is 23.5 Å². The largest absolute Gasteiger partial charge is 0.655 e. The van der Waals surface area contributed by atoms with Gasteiger partial charge in [0, 0.05) is 21.3 Å². The van der Waals surface area contributed by atoms with Crippen molar-refractivity contribution < 1.29 is 44.5 Å². The summed E-state index contributed by atoms with van der Waals surface area (Å²) in [5, 5.41) is 0. The summed E-state index contributed by atoms with van der Waals surface area (Å²) < 4.78 is 85.9. The standard InChI is InChI=1S/C19H20BF3O7S3/c1-26-13-3-7-15(8-4-13)31-11-17-18(12-32-16-9-5-14(27-2)6-10-16)29-20(28-17)30-33(24,25)19(21,22)23/h3-10,17-18H,11-12H2,1-2H3/t17-,18-/m0/s1. The Labute approximate surface area is 198 Å². The molecule has 0 radical (unpaired) electrons. The van der Waals surface area contributed by atoms with Crippen LogP contribution in [0.4, 0.5) is 13.2 Å². The molecule has 0 bridgehead atoms. The van der Waals surface area contributed by atoms with Crippen molar-refractivity contribution in [1.82, 2.24) is 0 Å². The molecule has 1 aliphatic heterocycles. The van der Waals surface area contributed by atoms with Crippen LogP contribution in [0.15, 0.2) is 58.3 Å². The third-order valence-electron chi connectivity index (χ3n) is 4.42. The van der Waals surface area contributed by atoms with Crippen LogP contribution < -0.4 is 9.47 Å². The molecule has 0 aromatic heterocycles. The number of methoxy groups -OCH3 is 2. The molecule has 0 unspecified atom stereocenters. The van der Waals surface area contributed by atoms with E-state index in [1.165, 1.54) is 23.5 Å². The van der Waals surface area contributed by atoms with Crippen LogP contribution in [0, 0.1) is 0 Å². The van der Waals surface area contributed by atoms with Crippen LogP contribution in [0.1, 0.15) is 0 Å². The quantitative estimate of drug-likeness (QED) is 0.258. The molecule has 1 heterocycles.